The predicted molar refractivity (Wildman–Crippen MR) is 91.5 cm³/mol. The van der Waals surface area contributed by atoms with Crippen LogP contribution < -0.4 is 5.32 Å². The maximum Gasteiger partial charge on any atom is 0.193 e. The Morgan fingerprint density at radius 1 is 1.30 bits per heavy atom. The highest BCUT2D eigenvalue weighted by atomic mass is 15.3. The fraction of sp³-hybridized carbons (Fsp3) is 0.471. The van der Waals surface area contributed by atoms with Crippen LogP contribution in [0, 0.1) is 5.41 Å². The first-order valence-electron chi connectivity index (χ1n) is 7.97. The number of aromatic nitrogens is 3. The van der Waals surface area contributed by atoms with Crippen LogP contribution in [0.4, 0.5) is 0 Å². The SMILES string of the molecule is CN=C(NCc1ccc(-n2cncn2)cc1)N1CCC(C)(C)C1. The smallest absolute Gasteiger partial charge is 0.193 e. The molecular formula is C17H24N6. The van der Waals surface area contributed by atoms with Gasteiger partial charge in [-0.15, -0.1) is 0 Å². The van der Waals surface area contributed by atoms with Crippen LogP contribution in [0.3, 0.4) is 0 Å². The average Bonchev–Trinajstić information content (AvgIpc) is 3.18. The molecule has 1 aliphatic heterocycles. The summed E-state index contributed by atoms with van der Waals surface area (Å²) in [4.78, 5) is 10.7. The van der Waals surface area contributed by atoms with Crippen molar-refractivity contribution in [2.75, 3.05) is 20.1 Å². The van der Waals surface area contributed by atoms with Crippen LogP contribution >= 0.6 is 0 Å². The van der Waals surface area contributed by atoms with Gasteiger partial charge in [0.25, 0.3) is 0 Å². The molecule has 1 saturated heterocycles. The van der Waals surface area contributed by atoms with E-state index in [1.165, 1.54) is 18.3 Å². The van der Waals surface area contributed by atoms with Gasteiger partial charge in [-0.1, -0.05) is 26.0 Å². The number of aliphatic imine (C=N–C) groups is 1. The van der Waals surface area contributed by atoms with Crippen molar-refractivity contribution in [1.82, 2.24) is 25.0 Å². The van der Waals surface area contributed by atoms with Gasteiger partial charge in [0.2, 0.25) is 0 Å². The van der Waals surface area contributed by atoms with E-state index < -0.39 is 0 Å². The van der Waals surface area contributed by atoms with Crippen molar-refractivity contribution in [3.05, 3.63) is 42.5 Å². The molecule has 2 heterocycles. The van der Waals surface area contributed by atoms with Gasteiger partial charge in [-0.05, 0) is 29.5 Å². The Balaban J connectivity index is 1.59. The summed E-state index contributed by atoms with van der Waals surface area (Å²) in [5.74, 6) is 0.982. The zero-order valence-electron chi connectivity index (χ0n) is 14.0. The summed E-state index contributed by atoms with van der Waals surface area (Å²) in [5.41, 5.74) is 2.60. The molecule has 1 aliphatic rings. The largest absolute Gasteiger partial charge is 0.352 e. The van der Waals surface area contributed by atoms with Gasteiger partial charge in [0, 0.05) is 26.7 Å². The summed E-state index contributed by atoms with van der Waals surface area (Å²) in [6.45, 7) is 7.50. The number of nitrogens with zero attached hydrogens (tertiary/aromatic N) is 5. The lowest BCUT2D eigenvalue weighted by Gasteiger charge is -2.23. The van der Waals surface area contributed by atoms with E-state index in [0.29, 0.717) is 5.41 Å². The quantitative estimate of drug-likeness (QED) is 0.696. The highest BCUT2D eigenvalue weighted by Gasteiger charge is 2.30. The van der Waals surface area contributed by atoms with Crippen LogP contribution in [0.5, 0.6) is 0 Å². The molecule has 1 aromatic carbocycles. The highest BCUT2D eigenvalue weighted by molar-refractivity contribution is 5.80. The molecule has 1 N–H and O–H groups in total. The first kappa shape index (κ1) is 15.5. The van der Waals surface area contributed by atoms with Crippen LogP contribution in [0.15, 0.2) is 41.9 Å². The molecule has 6 nitrogen and oxygen atoms in total. The zero-order valence-corrected chi connectivity index (χ0v) is 14.0. The topological polar surface area (TPSA) is 58.3 Å². The molecule has 0 aliphatic carbocycles. The molecule has 0 bridgehead atoms. The number of hydrogen-bond acceptors (Lipinski definition) is 3. The van der Waals surface area contributed by atoms with Crippen molar-refractivity contribution in [2.45, 2.75) is 26.8 Å². The second kappa shape index (κ2) is 6.40. The lowest BCUT2D eigenvalue weighted by Crippen LogP contribution is -2.40. The standard InChI is InChI=1S/C17H24N6/c1-17(2)8-9-22(11-17)16(18-3)20-10-14-4-6-15(7-5-14)23-13-19-12-21-23/h4-7,12-13H,8-11H2,1-3H3,(H,18,20). The van der Waals surface area contributed by atoms with E-state index in [4.69, 9.17) is 0 Å². The molecule has 0 unspecified atom stereocenters. The van der Waals surface area contributed by atoms with Gasteiger partial charge >= 0.3 is 0 Å². The Morgan fingerprint density at radius 3 is 2.65 bits per heavy atom. The second-order valence-corrected chi connectivity index (χ2v) is 6.74. The molecule has 0 saturated carbocycles. The van der Waals surface area contributed by atoms with E-state index in [-0.39, 0.29) is 0 Å². The van der Waals surface area contributed by atoms with Gasteiger partial charge in [-0.2, -0.15) is 5.10 Å². The number of guanidine groups is 1. The van der Waals surface area contributed by atoms with Crippen LogP contribution in [0.25, 0.3) is 5.69 Å². The Kier molecular flexibility index (Phi) is 4.32. The Morgan fingerprint density at radius 2 is 2.09 bits per heavy atom. The van der Waals surface area contributed by atoms with Crippen molar-refractivity contribution in [3.8, 4) is 5.69 Å². The van der Waals surface area contributed by atoms with Crippen LogP contribution in [-0.2, 0) is 6.54 Å². The summed E-state index contributed by atoms with van der Waals surface area (Å²) < 4.78 is 1.75. The van der Waals surface area contributed by atoms with Gasteiger partial charge < -0.3 is 10.2 Å². The third kappa shape index (κ3) is 3.70. The van der Waals surface area contributed by atoms with E-state index in [2.05, 4.69) is 51.3 Å². The monoisotopic (exact) mass is 312 g/mol. The molecular weight excluding hydrogens is 288 g/mol. The van der Waals surface area contributed by atoms with Gasteiger partial charge in [-0.25, -0.2) is 9.67 Å². The van der Waals surface area contributed by atoms with Crippen LogP contribution in [-0.4, -0.2) is 45.8 Å². The lowest BCUT2D eigenvalue weighted by atomic mass is 9.93. The number of rotatable bonds is 3. The normalized spacial score (nSPS) is 17.5. The maximum absolute atomic E-state index is 4.42. The fourth-order valence-electron chi connectivity index (χ4n) is 2.91. The Hall–Kier alpha value is -2.37. The molecule has 0 amide bonds. The van der Waals surface area contributed by atoms with E-state index in [0.717, 1.165) is 31.3 Å². The Labute approximate surface area is 137 Å². The molecule has 1 fully saturated rings. The van der Waals surface area contributed by atoms with Crippen molar-refractivity contribution in [2.24, 2.45) is 10.4 Å². The highest BCUT2D eigenvalue weighted by Crippen LogP contribution is 2.28. The molecule has 3 rings (SSSR count). The van der Waals surface area contributed by atoms with Gasteiger partial charge in [0.15, 0.2) is 5.96 Å². The van der Waals surface area contributed by atoms with E-state index in [9.17, 15) is 0 Å². The average molecular weight is 312 g/mol. The summed E-state index contributed by atoms with van der Waals surface area (Å²) >= 11 is 0. The van der Waals surface area contributed by atoms with E-state index in [1.807, 2.05) is 19.2 Å². The number of hydrogen-bond donors (Lipinski definition) is 1. The van der Waals surface area contributed by atoms with E-state index in [1.54, 1.807) is 11.0 Å². The first-order chi connectivity index (χ1) is 11.1. The first-order valence-corrected chi connectivity index (χ1v) is 7.97. The number of benzene rings is 1. The molecule has 0 spiro atoms. The Bertz CT molecular complexity index is 657. The predicted octanol–water partition coefficient (Wildman–Crippen LogP) is 2.07. The third-order valence-corrected chi connectivity index (χ3v) is 4.26. The second-order valence-electron chi connectivity index (χ2n) is 6.74. The zero-order chi connectivity index (χ0) is 16.3. The van der Waals surface area contributed by atoms with Crippen molar-refractivity contribution in [3.63, 3.8) is 0 Å². The molecule has 0 atom stereocenters. The molecule has 23 heavy (non-hydrogen) atoms. The van der Waals surface area contributed by atoms with Crippen molar-refractivity contribution >= 4 is 5.96 Å². The van der Waals surface area contributed by atoms with Crippen molar-refractivity contribution < 1.29 is 0 Å². The molecule has 6 heteroatoms. The van der Waals surface area contributed by atoms with Gasteiger partial charge in [0.05, 0.1) is 5.69 Å². The number of likely N-dealkylation sites (tertiary alicyclic amines) is 1. The summed E-state index contributed by atoms with van der Waals surface area (Å²) in [6.07, 6.45) is 4.45. The van der Waals surface area contributed by atoms with E-state index >= 15 is 0 Å². The minimum Gasteiger partial charge on any atom is -0.352 e. The minimum atomic E-state index is 0.372. The minimum absolute atomic E-state index is 0.372. The fourth-order valence-corrected chi connectivity index (χ4v) is 2.91. The van der Waals surface area contributed by atoms with Crippen molar-refractivity contribution in [1.29, 1.82) is 0 Å². The van der Waals surface area contributed by atoms with Gasteiger partial charge in [-0.3, -0.25) is 4.99 Å². The summed E-state index contributed by atoms with van der Waals surface area (Å²) in [7, 11) is 1.85. The lowest BCUT2D eigenvalue weighted by molar-refractivity contribution is 0.370. The van der Waals surface area contributed by atoms with Gasteiger partial charge in [0.1, 0.15) is 12.7 Å². The third-order valence-electron chi connectivity index (χ3n) is 4.26. The molecule has 1 aromatic heterocycles. The van der Waals surface area contributed by atoms with Crippen LogP contribution in [0.1, 0.15) is 25.8 Å². The maximum atomic E-state index is 4.42. The van der Waals surface area contributed by atoms with Crippen LogP contribution in [0.2, 0.25) is 0 Å². The summed E-state index contributed by atoms with van der Waals surface area (Å²) in [5, 5.41) is 7.59. The molecule has 122 valence electrons. The molecule has 2 aromatic rings. The summed E-state index contributed by atoms with van der Waals surface area (Å²) in [6, 6.07) is 8.30. The number of nitrogens with one attached hydrogen (secondary N) is 1. The molecule has 0 radical (unpaired) electrons.